The number of rotatable bonds is 12. The number of benzene rings is 1. The summed E-state index contributed by atoms with van der Waals surface area (Å²) in [4.78, 5) is 31.1. The number of ketones is 1. The number of pyridine rings is 1. The zero-order chi connectivity index (χ0) is 30.4. The first-order valence-electron chi connectivity index (χ1n) is 14.4. The van der Waals surface area contributed by atoms with Crippen LogP contribution in [0.4, 0.5) is 10.2 Å². The smallest absolute Gasteiger partial charge is 0.306 e. The average molecular weight is 581 g/mol. The molecule has 0 unspecified atom stereocenters. The van der Waals surface area contributed by atoms with Gasteiger partial charge in [-0.15, -0.1) is 0 Å². The van der Waals surface area contributed by atoms with Crippen molar-refractivity contribution in [3.05, 3.63) is 69.9 Å². The predicted molar refractivity (Wildman–Crippen MR) is 158 cm³/mol. The second kappa shape index (κ2) is 13.5. The van der Waals surface area contributed by atoms with E-state index in [1.807, 2.05) is 27.7 Å². The molecule has 0 amide bonds. The minimum atomic E-state index is -0.601. The lowest BCUT2D eigenvalue weighted by Crippen LogP contribution is -2.20. The van der Waals surface area contributed by atoms with Gasteiger partial charge in [0.05, 0.1) is 50.1 Å². The third-order valence-electron chi connectivity index (χ3n) is 7.22. The van der Waals surface area contributed by atoms with Crippen LogP contribution in [0.2, 0.25) is 0 Å². The Hall–Kier alpha value is -3.79. The van der Waals surface area contributed by atoms with Crippen molar-refractivity contribution in [3.63, 3.8) is 0 Å². The Morgan fingerprint density at radius 3 is 2.67 bits per heavy atom. The van der Waals surface area contributed by atoms with Gasteiger partial charge >= 0.3 is 5.97 Å². The maximum atomic E-state index is 14.6. The van der Waals surface area contributed by atoms with Gasteiger partial charge in [-0.3, -0.25) is 14.3 Å². The van der Waals surface area contributed by atoms with Crippen LogP contribution in [0.1, 0.15) is 91.3 Å². The highest BCUT2D eigenvalue weighted by molar-refractivity contribution is 5.97. The van der Waals surface area contributed by atoms with Crippen molar-refractivity contribution in [2.45, 2.75) is 85.0 Å². The van der Waals surface area contributed by atoms with Gasteiger partial charge in [0.1, 0.15) is 5.82 Å². The first-order valence-corrected chi connectivity index (χ1v) is 14.4. The molecule has 0 saturated heterocycles. The van der Waals surface area contributed by atoms with Gasteiger partial charge < -0.3 is 19.5 Å². The summed E-state index contributed by atoms with van der Waals surface area (Å²) in [6.07, 6.45) is 3.64. The topological polar surface area (TPSA) is 105 Å². The first-order chi connectivity index (χ1) is 20.0. The molecule has 0 saturated carbocycles. The SMILES string of the molecule is CCOC(=O)C[C@H](CC(=O)c1cn(Cc2cc3c(nc2C)NCCC3)nc1COC(C)(C)C)c1ccc(OC)c(F)c1. The number of esters is 1. The van der Waals surface area contributed by atoms with E-state index in [4.69, 9.17) is 24.3 Å². The van der Waals surface area contributed by atoms with Crippen molar-refractivity contribution in [1.29, 1.82) is 0 Å². The number of aryl methyl sites for hydroxylation is 2. The van der Waals surface area contributed by atoms with E-state index < -0.39 is 23.3 Å². The van der Waals surface area contributed by atoms with Crippen molar-refractivity contribution in [1.82, 2.24) is 14.8 Å². The Kier molecular flexibility index (Phi) is 9.98. The number of halogens is 1. The Labute approximate surface area is 246 Å². The highest BCUT2D eigenvalue weighted by Gasteiger charge is 2.26. The molecule has 1 aromatic carbocycles. The number of anilines is 1. The molecule has 1 aliphatic rings. The molecule has 3 heterocycles. The number of hydrogen-bond acceptors (Lipinski definition) is 8. The van der Waals surface area contributed by atoms with Gasteiger partial charge in [0.15, 0.2) is 17.3 Å². The minimum absolute atomic E-state index is 0.0378. The van der Waals surface area contributed by atoms with Crippen molar-refractivity contribution in [2.75, 3.05) is 25.6 Å². The number of fused-ring (bicyclic) bond motifs is 1. The van der Waals surface area contributed by atoms with Crippen LogP contribution in [0.25, 0.3) is 0 Å². The van der Waals surface area contributed by atoms with Crippen LogP contribution >= 0.6 is 0 Å². The lowest BCUT2D eigenvalue weighted by Gasteiger charge is -2.19. The van der Waals surface area contributed by atoms with Crippen molar-refractivity contribution < 1.29 is 28.2 Å². The van der Waals surface area contributed by atoms with Gasteiger partial charge in [0.2, 0.25) is 0 Å². The molecule has 3 aromatic rings. The molecule has 0 bridgehead atoms. The molecule has 1 N–H and O–H groups in total. The number of nitrogens with one attached hydrogen (secondary N) is 1. The maximum Gasteiger partial charge on any atom is 0.306 e. The second-order valence-electron chi connectivity index (χ2n) is 11.6. The molecular weight excluding hydrogens is 539 g/mol. The lowest BCUT2D eigenvalue weighted by atomic mass is 9.89. The number of Topliss-reactive ketones (excluding diaryl/α,β-unsaturated/α-hetero) is 1. The number of aromatic nitrogens is 3. The van der Waals surface area contributed by atoms with Gasteiger partial charge in [-0.2, -0.15) is 5.10 Å². The number of nitrogens with zero attached hydrogens (tertiary/aromatic N) is 3. The monoisotopic (exact) mass is 580 g/mol. The van der Waals surface area contributed by atoms with Crippen molar-refractivity contribution >= 4 is 17.6 Å². The van der Waals surface area contributed by atoms with Crippen LogP contribution in [0.15, 0.2) is 30.5 Å². The minimum Gasteiger partial charge on any atom is -0.494 e. The van der Waals surface area contributed by atoms with Crippen LogP contribution in [0.5, 0.6) is 5.75 Å². The summed E-state index contributed by atoms with van der Waals surface area (Å²) in [5, 5.41) is 8.11. The number of carbonyl (C=O) groups excluding carboxylic acids is 2. The molecule has 1 aliphatic heterocycles. The van der Waals surface area contributed by atoms with E-state index in [0.29, 0.717) is 23.4 Å². The molecule has 0 spiro atoms. The molecule has 0 fully saturated rings. The molecule has 9 nitrogen and oxygen atoms in total. The van der Waals surface area contributed by atoms with Gasteiger partial charge in [-0.1, -0.05) is 6.07 Å². The van der Waals surface area contributed by atoms with E-state index in [9.17, 15) is 14.0 Å². The summed E-state index contributed by atoms with van der Waals surface area (Å²) in [5.41, 5.74) is 4.09. The zero-order valence-corrected chi connectivity index (χ0v) is 25.4. The van der Waals surface area contributed by atoms with Crippen LogP contribution in [-0.2, 0) is 33.8 Å². The third-order valence-corrected chi connectivity index (χ3v) is 7.22. The Bertz CT molecular complexity index is 1430. The van der Waals surface area contributed by atoms with Crippen molar-refractivity contribution in [3.8, 4) is 5.75 Å². The van der Waals surface area contributed by atoms with E-state index >= 15 is 0 Å². The summed E-state index contributed by atoms with van der Waals surface area (Å²) in [6, 6.07) is 6.64. The average Bonchev–Trinajstić information content (AvgIpc) is 3.34. The molecule has 10 heteroatoms. The van der Waals surface area contributed by atoms with Crippen LogP contribution in [-0.4, -0.2) is 52.4 Å². The van der Waals surface area contributed by atoms with Crippen LogP contribution in [0, 0.1) is 12.7 Å². The summed E-state index contributed by atoms with van der Waals surface area (Å²) in [7, 11) is 1.38. The fraction of sp³-hybridized carbons (Fsp3) is 0.500. The Morgan fingerprint density at radius 2 is 1.98 bits per heavy atom. The summed E-state index contributed by atoms with van der Waals surface area (Å²) < 4.78 is 32.6. The molecule has 2 aromatic heterocycles. The summed E-state index contributed by atoms with van der Waals surface area (Å²) >= 11 is 0. The largest absolute Gasteiger partial charge is 0.494 e. The summed E-state index contributed by atoms with van der Waals surface area (Å²) in [5.74, 6) is -0.817. The predicted octanol–water partition coefficient (Wildman–Crippen LogP) is 5.77. The Balaban J connectivity index is 1.64. The van der Waals surface area contributed by atoms with Gasteiger partial charge in [0, 0.05) is 30.8 Å². The maximum absolute atomic E-state index is 14.6. The zero-order valence-electron chi connectivity index (χ0n) is 25.4. The number of ether oxygens (including phenoxy) is 3. The normalized spacial score (nSPS) is 13.7. The molecule has 0 aliphatic carbocycles. The quantitative estimate of drug-likeness (QED) is 0.213. The lowest BCUT2D eigenvalue weighted by molar-refractivity contribution is -0.143. The third kappa shape index (κ3) is 7.94. The fourth-order valence-corrected chi connectivity index (χ4v) is 5.02. The van der Waals surface area contributed by atoms with E-state index in [2.05, 4.69) is 11.4 Å². The van der Waals surface area contributed by atoms with Gasteiger partial charge in [0.25, 0.3) is 0 Å². The fourth-order valence-electron chi connectivity index (χ4n) is 5.02. The molecular formula is C32H41FN4O5. The van der Waals surface area contributed by atoms with Crippen LogP contribution < -0.4 is 10.1 Å². The molecule has 42 heavy (non-hydrogen) atoms. The standard InChI is InChI=1S/C32H41FN4O5/c1-7-41-30(39)16-23(21-10-11-29(40-6)26(33)14-21)15-28(38)25-18-37(36-27(25)19-42-32(3,4)5)17-24-13-22-9-8-12-34-31(22)35-20(24)2/h10-11,13-14,18,23H,7-9,12,15-17,19H2,1-6H3,(H,34,35)/t23-/m0/s1. The van der Waals surface area contributed by atoms with E-state index in [1.165, 1.54) is 24.8 Å². The molecule has 0 radical (unpaired) electrons. The van der Waals surface area contributed by atoms with E-state index in [1.54, 1.807) is 23.9 Å². The molecule has 4 rings (SSSR count). The second-order valence-corrected chi connectivity index (χ2v) is 11.6. The van der Waals surface area contributed by atoms with Crippen molar-refractivity contribution in [2.24, 2.45) is 0 Å². The highest BCUT2D eigenvalue weighted by Crippen LogP contribution is 2.31. The van der Waals surface area contributed by atoms with Crippen LogP contribution in [0.3, 0.4) is 0 Å². The Morgan fingerprint density at radius 1 is 1.19 bits per heavy atom. The number of methoxy groups -OCH3 is 1. The van der Waals surface area contributed by atoms with Gasteiger partial charge in [-0.05, 0) is 82.3 Å². The summed E-state index contributed by atoms with van der Waals surface area (Å²) in [6.45, 7) is 11.2. The number of hydrogen-bond donors (Lipinski definition) is 1. The van der Waals surface area contributed by atoms with E-state index in [0.717, 1.165) is 36.5 Å². The number of carbonyl (C=O) groups is 2. The molecule has 1 atom stereocenters. The highest BCUT2D eigenvalue weighted by atomic mass is 19.1. The first kappa shape index (κ1) is 31.2. The van der Waals surface area contributed by atoms with Gasteiger partial charge in [-0.25, -0.2) is 9.37 Å². The van der Waals surface area contributed by atoms with E-state index in [-0.39, 0.29) is 37.6 Å². The molecule has 226 valence electrons.